The maximum absolute atomic E-state index is 12.8. The molecule has 142 valence electrons. The molecule has 1 aromatic carbocycles. The number of rotatable bonds is 6. The Labute approximate surface area is 165 Å². The molecule has 0 saturated heterocycles. The zero-order chi connectivity index (χ0) is 19.6. The number of hydrogen-bond acceptors (Lipinski definition) is 7. The molecule has 1 N–H and O–H groups in total. The smallest absolute Gasteiger partial charge is 0.247 e. The van der Waals surface area contributed by atoms with Crippen molar-refractivity contribution in [3.63, 3.8) is 0 Å². The van der Waals surface area contributed by atoms with Crippen LogP contribution in [0, 0.1) is 0 Å². The summed E-state index contributed by atoms with van der Waals surface area (Å²) in [6.07, 6.45) is 3.29. The van der Waals surface area contributed by atoms with Gasteiger partial charge in [-0.1, -0.05) is 11.2 Å². The van der Waals surface area contributed by atoms with E-state index in [9.17, 15) is 4.79 Å². The number of halogens is 1. The fourth-order valence-corrected chi connectivity index (χ4v) is 3.63. The quantitative estimate of drug-likeness (QED) is 0.697. The summed E-state index contributed by atoms with van der Waals surface area (Å²) < 4.78 is 13.3. The summed E-state index contributed by atoms with van der Waals surface area (Å²) in [7, 11) is 1.58. The summed E-state index contributed by atoms with van der Waals surface area (Å²) in [5.41, 5.74) is 2.17. The average Bonchev–Trinajstić information content (AvgIpc) is 3.08. The van der Waals surface area contributed by atoms with Gasteiger partial charge >= 0.3 is 0 Å². The summed E-state index contributed by atoms with van der Waals surface area (Å²) in [6.45, 7) is 6.15. The summed E-state index contributed by atoms with van der Waals surface area (Å²) >= 11 is 3.48. The third-order valence-corrected chi connectivity index (χ3v) is 4.80. The fraction of sp³-hybridized carbons (Fsp3) is 0.333. The third kappa shape index (κ3) is 3.73. The Bertz CT molecular complexity index is 935. The highest BCUT2D eigenvalue weighted by Crippen LogP contribution is 2.37. The van der Waals surface area contributed by atoms with Gasteiger partial charge in [-0.3, -0.25) is 4.79 Å². The number of aromatic nitrogens is 4. The molecule has 1 atom stereocenters. The molecular weight excluding hydrogens is 414 g/mol. The monoisotopic (exact) mass is 433 g/mol. The zero-order valence-electron chi connectivity index (χ0n) is 15.5. The number of benzene rings is 1. The Morgan fingerprint density at radius 2 is 2.22 bits per heavy atom. The van der Waals surface area contributed by atoms with Crippen molar-refractivity contribution in [3.05, 3.63) is 39.5 Å². The van der Waals surface area contributed by atoms with Crippen LogP contribution in [0.4, 0.5) is 5.95 Å². The Kier molecular flexibility index (Phi) is 5.59. The highest BCUT2D eigenvalue weighted by Gasteiger charge is 2.28. The van der Waals surface area contributed by atoms with E-state index in [2.05, 4.69) is 36.8 Å². The molecule has 9 heteroatoms. The largest absolute Gasteiger partial charge is 0.492 e. The van der Waals surface area contributed by atoms with Crippen LogP contribution in [0.15, 0.2) is 34.0 Å². The van der Waals surface area contributed by atoms with Crippen LogP contribution < -0.4 is 14.8 Å². The highest BCUT2D eigenvalue weighted by molar-refractivity contribution is 9.10. The van der Waals surface area contributed by atoms with Gasteiger partial charge in [0.15, 0.2) is 17.3 Å². The van der Waals surface area contributed by atoms with Crippen molar-refractivity contribution >= 4 is 33.7 Å². The lowest BCUT2D eigenvalue weighted by Crippen LogP contribution is -2.25. The van der Waals surface area contributed by atoms with Crippen LogP contribution in [-0.2, 0) is 4.79 Å². The van der Waals surface area contributed by atoms with E-state index in [1.54, 1.807) is 17.9 Å². The molecule has 27 heavy (non-hydrogen) atoms. The molecule has 1 aromatic heterocycles. The molecule has 8 nitrogen and oxygen atoms in total. The second-order valence-electron chi connectivity index (χ2n) is 5.95. The molecule has 0 saturated carbocycles. The predicted octanol–water partition coefficient (Wildman–Crippen LogP) is 3.39. The number of nitrogens with zero attached hydrogens (tertiary/aromatic N) is 4. The number of anilines is 1. The number of ketones is 1. The van der Waals surface area contributed by atoms with E-state index in [1.807, 2.05) is 32.9 Å². The minimum absolute atomic E-state index is 0.112. The first kappa shape index (κ1) is 19.1. The molecule has 0 aliphatic carbocycles. The maximum atomic E-state index is 12.8. The molecule has 1 unspecified atom stereocenters. The second kappa shape index (κ2) is 7.91. The van der Waals surface area contributed by atoms with Crippen LogP contribution in [0.5, 0.6) is 11.5 Å². The number of tetrazole rings is 1. The number of fused-ring (bicyclic) bond motifs is 1. The van der Waals surface area contributed by atoms with Crippen molar-refractivity contribution in [2.75, 3.05) is 19.0 Å². The molecule has 2 aromatic rings. The van der Waals surface area contributed by atoms with Crippen LogP contribution in [0.25, 0.3) is 6.08 Å². The number of allylic oxidation sites excluding steroid dienone is 3. The van der Waals surface area contributed by atoms with E-state index in [0.29, 0.717) is 29.6 Å². The Balaban J connectivity index is 1.87. The van der Waals surface area contributed by atoms with Crippen LogP contribution in [0.1, 0.15) is 32.4 Å². The topological polar surface area (TPSA) is 91.2 Å². The second-order valence-corrected chi connectivity index (χ2v) is 6.81. The normalized spacial score (nSPS) is 16.3. The molecule has 0 fully saturated rings. The molecule has 0 spiro atoms. The van der Waals surface area contributed by atoms with Crippen molar-refractivity contribution in [2.45, 2.75) is 26.8 Å². The van der Waals surface area contributed by atoms with Crippen molar-refractivity contribution in [2.24, 2.45) is 0 Å². The molecule has 0 amide bonds. The summed E-state index contributed by atoms with van der Waals surface area (Å²) in [4.78, 5) is 12.8. The maximum Gasteiger partial charge on any atom is 0.247 e. The number of ether oxygens (including phenoxy) is 2. The molecule has 3 rings (SSSR count). The zero-order valence-corrected chi connectivity index (χ0v) is 17.1. The van der Waals surface area contributed by atoms with Crippen LogP contribution >= 0.6 is 15.9 Å². The van der Waals surface area contributed by atoms with Crippen molar-refractivity contribution in [1.82, 2.24) is 20.2 Å². The van der Waals surface area contributed by atoms with Crippen LogP contribution in [-0.4, -0.2) is 39.7 Å². The minimum Gasteiger partial charge on any atom is -0.492 e. The highest BCUT2D eigenvalue weighted by atomic mass is 79.9. The first-order chi connectivity index (χ1) is 13.0. The van der Waals surface area contributed by atoms with Crippen LogP contribution in [0.3, 0.4) is 0 Å². The number of hydrogen-bond donors (Lipinski definition) is 1. The Morgan fingerprint density at radius 1 is 1.44 bits per heavy atom. The standard InChI is InChI=1S/C18H20BrN5O3/c1-5-27-15-9-12(8-13(19)17(15)26-4)6-7-14(25)16-10(2)20-18-21-22-23-24(18)11(16)3/h6-9,11H,5H2,1-4H3,(H,20,21,23). The van der Waals surface area contributed by atoms with Crippen molar-refractivity contribution in [3.8, 4) is 11.5 Å². The van der Waals surface area contributed by atoms with Gasteiger partial charge in [0, 0.05) is 11.3 Å². The Hall–Kier alpha value is -2.68. The summed E-state index contributed by atoms with van der Waals surface area (Å²) in [6, 6.07) is 3.45. The lowest BCUT2D eigenvalue weighted by atomic mass is 9.99. The molecule has 2 heterocycles. The first-order valence-electron chi connectivity index (χ1n) is 8.44. The molecular formula is C18H20BrN5O3. The van der Waals surface area contributed by atoms with Gasteiger partial charge in [0.25, 0.3) is 0 Å². The lowest BCUT2D eigenvalue weighted by Gasteiger charge is -2.23. The van der Waals surface area contributed by atoms with Crippen molar-refractivity contribution < 1.29 is 14.3 Å². The Morgan fingerprint density at radius 3 is 2.93 bits per heavy atom. The SMILES string of the molecule is CCOc1cc(C=CC(=O)C2=C(C)Nc3nnnn3C2C)cc(Br)c1OC. The van der Waals surface area contributed by atoms with Gasteiger partial charge in [0.2, 0.25) is 5.95 Å². The minimum atomic E-state index is -0.255. The number of nitrogens with one attached hydrogen (secondary N) is 1. The van der Waals surface area contributed by atoms with E-state index in [1.165, 1.54) is 6.08 Å². The fourth-order valence-electron chi connectivity index (χ4n) is 3.01. The molecule has 1 aliphatic heterocycles. The van der Waals surface area contributed by atoms with Gasteiger partial charge in [0.1, 0.15) is 0 Å². The average molecular weight is 434 g/mol. The van der Waals surface area contributed by atoms with Gasteiger partial charge in [-0.2, -0.15) is 0 Å². The van der Waals surface area contributed by atoms with E-state index in [0.717, 1.165) is 15.7 Å². The first-order valence-corrected chi connectivity index (χ1v) is 9.24. The lowest BCUT2D eigenvalue weighted by molar-refractivity contribution is -0.111. The molecule has 0 radical (unpaired) electrons. The van der Waals surface area contributed by atoms with E-state index >= 15 is 0 Å². The van der Waals surface area contributed by atoms with Crippen molar-refractivity contribution in [1.29, 1.82) is 0 Å². The van der Waals surface area contributed by atoms with E-state index in [4.69, 9.17) is 9.47 Å². The molecule has 0 bridgehead atoms. The number of methoxy groups -OCH3 is 1. The molecule has 1 aliphatic rings. The number of carbonyl (C=O) groups is 1. The predicted molar refractivity (Wildman–Crippen MR) is 105 cm³/mol. The third-order valence-electron chi connectivity index (χ3n) is 4.21. The number of carbonyl (C=O) groups excluding carboxylic acids is 1. The van der Waals surface area contributed by atoms with Gasteiger partial charge in [-0.25, -0.2) is 4.68 Å². The van der Waals surface area contributed by atoms with Gasteiger partial charge < -0.3 is 14.8 Å². The summed E-state index contributed by atoms with van der Waals surface area (Å²) in [5, 5.41) is 14.5. The van der Waals surface area contributed by atoms with Gasteiger partial charge in [-0.15, -0.1) is 0 Å². The van der Waals surface area contributed by atoms with Gasteiger partial charge in [-0.05, 0) is 70.9 Å². The van der Waals surface area contributed by atoms with E-state index < -0.39 is 0 Å². The van der Waals surface area contributed by atoms with Crippen LogP contribution in [0.2, 0.25) is 0 Å². The van der Waals surface area contributed by atoms with Gasteiger partial charge in [0.05, 0.1) is 24.2 Å². The van der Waals surface area contributed by atoms with E-state index in [-0.39, 0.29) is 11.8 Å². The summed E-state index contributed by atoms with van der Waals surface area (Å²) in [5.74, 6) is 1.65.